The highest BCUT2D eigenvalue weighted by Crippen LogP contribution is 2.22. The van der Waals surface area contributed by atoms with Crippen molar-refractivity contribution in [1.82, 2.24) is 0 Å². The molecule has 0 radical (unpaired) electrons. The first-order chi connectivity index (χ1) is 10.7. The summed E-state index contributed by atoms with van der Waals surface area (Å²) in [6, 6.07) is 6.02. The summed E-state index contributed by atoms with van der Waals surface area (Å²) in [6.45, 7) is 5.44. The average molecular weight is 333 g/mol. The van der Waals surface area contributed by atoms with Crippen LogP contribution in [0.4, 0.5) is 0 Å². The molecule has 0 saturated heterocycles. The molecule has 0 unspecified atom stereocenters. The summed E-state index contributed by atoms with van der Waals surface area (Å²) in [7, 11) is -2.34. The molecular formula is C17H19NO4S. The van der Waals surface area contributed by atoms with E-state index in [0.29, 0.717) is 22.6 Å². The Morgan fingerprint density at radius 2 is 1.70 bits per heavy atom. The van der Waals surface area contributed by atoms with Crippen LogP contribution in [-0.2, 0) is 14.8 Å². The quantitative estimate of drug-likeness (QED) is 0.794. The lowest BCUT2D eigenvalue weighted by Gasteiger charge is -2.15. The van der Waals surface area contributed by atoms with Crippen molar-refractivity contribution in [1.29, 1.82) is 0 Å². The summed E-state index contributed by atoms with van der Waals surface area (Å²) in [5, 5.41) is 0. The van der Waals surface area contributed by atoms with Gasteiger partial charge in [-0.3, -0.25) is 4.79 Å². The Balaban J connectivity index is 2.45. The summed E-state index contributed by atoms with van der Waals surface area (Å²) in [4.78, 5) is 12.0. The third-order valence-electron chi connectivity index (χ3n) is 3.53. The van der Waals surface area contributed by atoms with Gasteiger partial charge in [0.1, 0.15) is 5.75 Å². The van der Waals surface area contributed by atoms with Crippen LogP contribution in [0.15, 0.2) is 56.9 Å². The molecule has 2 rings (SSSR count). The van der Waals surface area contributed by atoms with Gasteiger partial charge in [-0.15, -0.1) is 0 Å². The Hall–Kier alpha value is -2.21. The summed E-state index contributed by atoms with van der Waals surface area (Å²) < 4.78 is 33.8. The molecule has 1 aliphatic carbocycles. The van der Waals surface area contributed by atoms with E-state index in [0.717, 1.165) is 0 Å². The second-order valence-electron chi connectivity index (χ2n) is 5.57. The third-order valence-corrected chi connectivity index (χ3v) is 4.83. The lowest BCUT2D eigenvalue weighted by molar-refractivity contribution is -0.111. The number of benzene rings is 1. The van der Waals surface area contributed by atoms with Gasteiger partial charge in [-0.2, -0.15) is 12.8 Å². The van der Waals surface area contributed by atoms with E-state index in [1.807, 2.05) is 13.8 Å². The fraction of sp³-hybridized carbons (Fsp3) is 0.294. The van der Waals surface area contributed by atoms with Crippen LogP contribution in [0.2, 0.25) is 0 Å². The van der Waals surface area contributed by atoms with Crippen molar-refractivity contribution in [3.63, 3.8) is 0 Å². The molecule has 0 atom stereocenters. The zero-order chi connectivity index (χ0) is 17.2. The Bertz CT molecular complexity index is 813. The molecule has 0 bridgehead atoms. The number of ketones is 1. The molecule has 1 aliphatic rings. The average Bonchev–Trinajstić information content (AvgIpc) is 2.49. The van der Waals surface area contributed by atoms with Crippen molar-refractivity contribution in [2.24, 2.45) is 10.3 Å². The van der Waals surface area contributed by atoms with E-state index in [9.17, 15) is 13.2 Å². The second kappa shape index (κ2) is 6.50. The van der Waals surface area contributed by atoms with Crippen LogP contribution in [0, 0.1) is 5.92 Å². The monoisotopic (exact) mass is 333 g/mol. The predicted octanol–water partition coefficient (Wildman–Crippen LogP) is 2.94. The van der Waals surface area contributed by atoms with Gasteiger partial charge in [0.05, 0.1) is 17.7 Å². The maximum atomic E-state index is 12.4. The van der Waals surface area contributed by atoms with Gasteiger partial charge in [-0.05, 0) is 54.8 Å². The number of allylic oxidation sites excluding steroid dienone is 4. The van der Waals surface area contributed by atoms with E-state index in [2.05, 4.69) is 4.40 Å². The number of carbonyl (C=O) groups excluding carboxylic acids is 1. The van der Waals surface area contributed by atoms with Crippen LogP contribution in [0.3, 0.4) is 0 Å². The van der Waals surface area contributed by atoms with Crippen LogP contribution >= 0.6 is 0 Å². The van der Waals surface area contributed by atoms with Gasteiger partial charge in [0.2, 0.25) is 0 Å². The van der Waals surface area contributed by atoms with Crippen molar-refractivity contribution in [2.75, 3.05) is 7.11 Å². The number of methoxy groups -OCH3 is 1. The summed E-state index contributed by atoms with van der Waals surface area (Å²) in [6.07, 6.45) is 2.99. The largest absolute Gasteiger partial charge is 0.497 e. The van der Waals surface area contributed by atoms with E-state index < -0.39 is 10.0 Å². The zero-order valence-electron chi connectivity index (χ0n) is 13.5. The lowest BCUT2D eigenvalue weighted by Crippen LogP contribution is -2.16. The van der Waals surface area contributed by atoms with Gasteiger partial charge in [-0.25, -0.2) is 0 Å². The van der Waals surface area contributed by atoms with Crippen LogP contribution in [0.5, 0.6) is 5.75 Å². The molecule has 6 heteroatoms. The van der Waals surface area contributed by atoms with Gasteiger partial charge in [-0.1, -0.05) is 13.8 Å². The van der Waals surface area contributed by atoms with Gasteiger partial charge in [0.15, 0.2) is 5.78 Å². The zero-order valence-corrected chi connectivity index (χ0v) is 14.3. The van der Waals surface area contributed by atoms with E-state index in [4.69, 9.17) is 4.74 Å². The van der Waals surface area contributed by atoms with Crippen LogP contribution < -0.4 is 4.74 Å². The smallest absolute Gasteiger partial charge is 0.282 e. The summed E-state index contributed by atoms with van der Waals surface area (Å²) in [5.74, 6) is 0.469. The van der Waals surface area contributed by atoms with Crippen molar-refractivity contribution >= 4 is 21.5 Å². The minimum absolute atomic E-state index is 0.000686. The SMILES string of the molecule is COc1ccc(S(=O)(=O)/N=C2\C=C(C(C)C)C(=O)C=C2C)cc1. The number of hydrogen-bond donors (Lipinski definition) is 0. The summed E-state index contributed by atoms with van der Waals surface area (Å²) in [5.41, 5.74) is 1.39. The molecule has 1 aromatic rings. The fourth-order valence-electron chi connectivity index (χ4n) is 2.17. The molecule has 0 fully saturated rings. The van der Waals surface area contributed by atoms with E-state index in [-0.39, 0.29) is 16.6 Å². The lowest BCUT2D eigenvalue weighted by atomic mass is 9.90. The molecule has 0 heterocycles. The number of hydrogen-bond acceptors (Lipinski definition) is 4. The first-order valence-corrected chi connectivity index (χ1v) is 8.62. The van der Waals surface area contributed by atoms with Gasteiger partial charge in [0, 0.05) is 5.57 Å². The van der Waals surface area contributed by atoms with Crippen LogP contribution in [0.25, 0.3) is 0 Å². The first kappa shape index (κ1) is 17.1. The highest BCUT2D eigenvalue weighted by atomic mass is 32.2. The topological polar surface area (TPSA) is 72.8 Å². The molecule has 0 saturated carbocycles. The molecule has 0 N–H and O–H groups in total. The molecular weight excluding hydrogens is 314 g/mol. The molecule has 0 aromatic heterocycles. The highest BCUT2D eigenvalue weighted by Gasteiger charge is 2.21. The van der Waals surface area contributed by atoms with Crippen molar-refractivity contribution in [3.05, 3.63) is 47.6 Å². The number of nitrogens with zero attached hydrogens (tertiary/aromatic N) is 1. The molecule has 122 valence electrons. The Morgan fingerprint density at radius 3 is 2.22 bits per heavy atom. The second-order valence-corrected chi connectivity index (χ2v) is 7.18. The standard InChI is InChI=1S/C17H19NO4S/c1-11(2)15-10-16(12(3)9-17(15)19)18-23(20,21)14-7-5-13(22-4)6-8-14/h5-11H,1-4H3/b18-16+. The molecule has 1 aromatic carbocycles. The molecule has 5 nitrogen and oxygen atoms in total. The Kier molecular flexibility index (Phi) is 4.85. The normalized spacial score (nSPS) is 17.3. The van der Waals surface area contributed by atoms with Crippen molar-refractivity contribution in [2.45, 2.75) is 25.7 Å². The van der Waals surface area contributed by atoms with Gasteiger partial charge < -0.3 is 4.74 Å². The van der Waals surface area contributed by atoms with Gasteiger partial charge in [0.25, 0.3) is 10.0 Å². The molecule has 0 amide bonds. The van der Waals surface area contributed by atoms with Crippen LogP contribution in [0.1, 0.15) is 20.8 Å². The molecule has 0 aliphatic heterocycles. The number of rotatable bonds is 4. The minimum Gasteiger partial charge on any atom is -0.497 e. The van der Waals surface area contributed by atoms with E-state index in [1.54, 1.807) is 25.1 Å². The maximum Gasteiger partial charge on any atom is 0.282 e. The predicted molar refractivity (Wildman–Crippen MR) is 89.3 cm³/mol. The summed E-state index contributed by atoms with van der Waals surface area (Å²) >= 11 is 0. The van der Waals surface area contributed by atoms with Gasteiger partial charge >= 0.3 is 0 Å². The Morgan fingerprint density at radius 1 is 1.09 bits per heavy atom. The maximum absolute atomic E-state index is 12.4. The fourth-order valence-corrected chi connectivity index (χ4v) is 3.21. The van der Waals surface area contributed by atoms with Crippen molar-refractivity contribution < 1.29 is 17.9 Å². The Labute approximate surface area is 136 Å². The molecule has 0 spiro atoms. The highest BCUT2D eigenvalue weighted by molar-refractivity contribution is 7.90. The van der Waals surface area contributed by atoms with Crippen LogP contribution in [-0.4, -0.2) is 27.0 Å². The minimum atomic E-state index is -3.85. The number of sulfonamides is 1. The number of ether oxygens (including phenoxy) is 1. The van der Waals surface area contributed by atoms with E-state index in [1.165, 1.54) is 25.3 Å². The first-order valence-electron chi connectivity index (χ1n) is 7.18. The van der Waals surface area contributed by atoms with E-state index >= 15 is 0 Å². The molecule has 23 heavy (non-hydrogen) atoms. The third kappa shape index (κ3) is 3.76. The van der Waals surface area contributed by atoms with Crippen molar-refractivity contribution in [3.8, 4) is 5.75 Å². The number of carbonyl (C=O) groups is 1.